The van der Waals surface area contributed by atoms with Crippen LogP contribution in [0.3, 0.4) is 0 Å². The number of carbonyl (C=O) groups is 2. The average molecular weight is 1010 g/mol. The van der Waals surface area contributed by atoms with Crippen molar-refractivity contribution < 1.29 is 67.3 Å². The van der Waals surface area contributed by atoms with Gasteiger partial charge in [-0.05, 0) is 101 Å². The molecule has 2 aromatic rings. The first-order chi connectivity index (χ1) is 32.0. The number of alkyl carbamates (subject to hydrolysis) is 1. The van der Waals surface area contributed by atoms with E-state index in [0.29, 0.717) is 94.3 Å². The van der Waals surface area contributed by atoms with E-state index < -0.39 is 53.0 Å². The summed E-state index contributed by atoms with van der Waals surface area (Å²) in [6, 6.07) is 8.70. The van der Waals surface area contributed by atoms with Crippen molar-refractivity contribution in [3.8, 4) is 0 Å². The van der Waals surface area contributed by atoms with E-state index >= 15 is 0 Å². The molecule has 2 heterocycles. The Morgan fingerprint density at radius 3 is 2.10 bits per heavy atom. The number of fused-ring (bicyclic) bond motifs is 2. The number of allylic oxidation sites excluding steroid dienone is 6. The number of carbonyl (C=O) groups excluding carboxylic acids is 2. The summed E-state index contributed by atoms with van der Waals surface area (Å²) in [7, 11) is -13.3. The Morgan fingerprint density at radius 1 is 0.779 bits per heavy atom. The SMILES string of the molecule is CC1(C)C(/C=C/C=C2/N(CCCCCC(=O)NCCOCCOCCNC(=O)OC3CCC=CCCC3)c3ccc(S(=O)(=O)O)cc3C2(C)C)=[N+](CCCS(=O)(=O)O)c2ccc(S(=O)(=O)O)cc21. The van der Waals surface area contributed by atoms with Crippen LogP contribution >= 0.6 is 0 Å². The number of unbranched alkanes of at least 4 members (excludes halogenated alkanes) is 2. The van der Waals surface area contributed by atoms with Crippen molar-refractivity contribution in [3.05, 3.63) is 83.6 Å². The number of nitrogens with one attached hydrogen (secondary N) is 2. The lowest BCUT2D eigenvalue weighted by Gasteiger charge is -2.27. The highest BCUT2D eigenvalue weighted by molar-refractivity contribution is 7.86. The van der Waals surface area contributed by atoms with Crippen LogP contribution in [0.1, 0.15) is 103 Å². The van der Waals surface area contributed by atoms with E-state index in [4.69, 9.17) is 14.2 Å². The Hall–Kier alpha value is -4.48. The van der Waals surface area contributed by atoms with Crippen LogP contribution in [0.4, 0.5) is 16.2 Å². The van der Waals surface area contributed by atoms with Crippen LogP contribution in [0.25, 0.3) is 0 Å². The van der Waals surface area contributed by atoms with Crippen molar-refractivity contribution >= 4 is 59.4 Å². The van der Waals surface area contributed by atoms with Crippen LogP contribution in [0, 0.1) is 0 Å². The Balaban J connectivity index is 1.14. The summed E-state index contributed by atoms with van der Waals surface area (Å²) < 4.78 is 119. The zero-order valence-electron chi connectivity index (χ0n) is 39.3. The van der Waals surface area contributed by atoms with Gasteiger partial charge in [0.15, 0.2) is 5.71 Å². The molecule has 0 fully saturated rings. The van der Waals surface area contributed by atoms with Gasteiger partial charge in [-0.25, -0.2) is 4.79 Å². The first-order valence-corrected chi connectivity index (χ1v) is 27.5. The summed E-state index contributed by atoms with van der Waals surface area (Å²) in [5, 5.41) is 5.58. The number of anilines is 1. The zero-order valence-corrected chi connectivity index (χ0v) is 41.8. The summed E-state index contributed by atoms with van der Waals surface area (Å²) in [5.41, 5.74) is 2.58. The predicted molar refractivity (Wildman–Crippen MR) is 258 cm³/mol. The Kier molecular flexibility index (Phi) is 19.1. The second-order valence-electron chi connectivity index (χ2n) is 18.1. The van der Waals surface area contributed by atoms with Gasteiger partial charge in [-0.1, -0.05) is 38.5 Å². The number of ether oxygens (including phenoxy) is 3. The molecule has 21 heteroatoms. The number of hydrogen-bond acceptors (Lipinski definition) is 12. The van der Waals surface area contributed by atoms with E-state index in [2.05, 4.69) is 27.7 Å². The topological polar surface area (TPSA) is 255 Å². The Labute approximate surface area is 401 Å². The molecule has 376 valence electrons. The third kappa shape index (κ3) is 15.3. The monoisotopic (exact) mass is 1010 g/mol. The van der Waals surface area contributed by atoms with Gasteiger partial charge in [0, 0.05) is 67.0 Å². The second-order valence-corrected chi connectivity index (χ2v) is 22.5. The van der Waals surface area contributed by atoms with Crippen LogP contribution in [0.5, 0.6) is 0 Å². The molecule has 0 aromatic heterocycles. The molecule has 0 saturated heterocycles. The summed E-state index contributed by atoms with van der Waals surface area (Å²) in [6.07, 6.45) is 16.3. The molecule has 3 aliphatic rings. The Morgan fingerprint density at radius 2 is 1.43 bits per heavy atom. The van der Waals surface area contributed by atoms with E-state index in [1.807, 2.05) is 50.5 Å². The molecule has 0 radical (unpaired) electrons. The lowest BCUT2D eigenvalue weighted by molar-refractivity contribution is -0.437. The lowest BCUT2D eigenvalue weighted by atomic mass is 9.81. The third-order valence-corrected chi connectivity index (χ3v) is 14.9. The van der Waals surface area contributed by atoms with Crippen molar-refractivity contribution in [2.24, 2.45) is 0 Å². The maximum atomic E-state index is 12.6. The molecule has 1 atom stereocenters. The van der Waals surface area contributed by atoms with Crippen LogP contribution in [-0.4, -0.2) is 126 Å². The molecule has 5 rings (SSSR count). The van der Waals surface area contributed by atoms with Crippen molar-refractivity contribution in [1.29, 1.82) is 0 Å². The van der Waals surface area contributed by atoms with Gasteiger partial charge in [-0.3, -0.25) is 18.5 Å². The minimum absolute atomic E-state index is 0.0614. The number of nitrogens with zero attached hydrogens (tertiary/aromatic N) is 2. The fourth-order valence-electron chi connectivity index (χ4n) is 8.81. The minimum Gasteiger partial charge on any atom is -0.446 e. The summed E-state index contributed by atoms with van der Waals surface area (Å²) in [4.78, 5) is 26.3. The lowest BCUT2D eigenvalue weighted by Crippen LogP contribution is -2.32. The van der Waals surface area contributed by atoms with Gasteiger partial charge >= 0.3 is 6.09 Å². The number of rotatable bonds is 24. The maximum absolute atomic E-state index is 12.6. The van der Waals surface area contributed by atoms with Crippen molar-refractivity contribution in [1.82, 2.24) is 10.6 Å². The van der Waals surface area contributed by atoms with E-state index in [1.165, 1.54) is 24.3 Å². The smallest absolute Gasteiger partial charge is 0.407 e. The number of benzene rings is 2. The molecular weight excluding hydrogens is 941 g/mol. The highest BCUT2D eigenvalue weighted by Crippen LogP contribution is 2.49. The van der Waals surface area contributed by atoms with Gasteiger partial charge in [-0.2, -0.15) is 29.8 Å². The molecule has 5 N–H and O–H groups in total. The van der Waals surface area contributed by atoms with Crippen LogP contribution in [0.15, 0.2) is 82.3 Å². The van der Waals surface area contributed by atoms with Gasteiger partial charge < -0.3 is 29.7 Å². The van der Waals surface area contributed by atoms with Gasteiger partial charge in [0.05, 0.1) is 47.4 Å². The van der Waals surface area contributed by atoms with Crippen LogP contribution in [-0.2, 0) is 60.2 Å². The largest absolute Gasteiger partial charge is 0.446 e. The molecule has 0 bridgehead atoms. The fourth-order valence-corrected chi connectivity index (χ4v) is 10.3. The third-order valence-electron chi connectivity index (χ3n) is 12.3. The fraction of sp³-hybridized carbons (Fsp3) is 0.553. The van der Waals surface area contributed by atoms with Gasteiger partial charge in [-0.15, -0.1) is 0 Å². The molecule has 2 aromatic carbocycles. The second kappa shape index (κ2) is 23.9. The maximum Gasteiger partial charge on any atom is 0.407 e. The van der Waals surface area contributed by atoms with E-state index in [9.17, 15) is 48.5 Å². The van der Waals surface area contributed by atoms with Gasteiger partial charge in [0.2, 0.25) is 11.6 Å². The normalized spacial score (nSPS) is 18.7. The molecule has 68 heavy (non-hydrogen) atoms. The standard InChI is InChI=1S/C47H66N4O14S3/c1-46(2)38-33-36(67(57,58)59)20-22-40(38)50(26-12-8-11-19-44(52)48-24-28-63-30-31-64-29-25-49-45(53)65-35-15-9-6-5-7-10-16-35)42(46)17-13-18-43-47(3,4)39-34-37(68(60,61)62)21-23-41(39)51(43)27-14-32-66(54,55)56/h5-6,13,17-18,20-23,33-35H,7-12,14-16,19,24-32H2,1-4H3,(H4-,48,49,52,53,54,55,56,57,58,59,60,61,62)/p+1. The van der Waals surface area contributed by atoms with Gasteiger partial charge in [0.25, 0.3) is 30.4 Å². The van der Waals surface area contributed by atoms with E-state index in [1.54, 1.807) is 12.1 Å². The molecule has 2 amide bonds. The van der Waals surface area contributed by atoms with Crippen LogP contribution in [0.2, 0.25) is 0 Å². The first kappa shape index (κ1) is 54.5. The van der Waals surface area contributed by atoms with Crippen LogP contribution < -0.4 is 15.5 Å². The molecule has 1 unspecified atom stereocenters. The quantitative estimate of drug-likeness (QED) is 0.0330. The van der Waals surface area contributed by atoms with Crippen molar-refractivity contribution in [3.63, 3.8) is 0 Å². The molecule has 18 nitrogen and oxygen atoms in total. The van der Waals surface area contributed by atoms with Crippen molar-refractivity contribution in [2.45, 2.75) is 119 Å². The number of amides is 2. The predicted octanol–water partition coefficient (Wildman–Crippen LogP) is 6.40. The minimum atomic E-state index is -4.53. The molecule has 0 spiro atoms. The van der Waals surface area contributed by atoms with E-state index in [-0.39, 0.29) is 34.8 Å². The summed E-state index contributed by atoms with van der Waals surface area (Å²) >= 11 is 0. The van der Waals surface area contributed by atoms with Gasteiger partial charge in [0.1, 0.15) is 12.6 Å². The average Bonchev–Trinajstić information content (AvgIpc) is 3.58. The molecule has 0 saturated carbocycles. The molecular formula is C47H67N4O14S3+. The zero-order chi connectivity index (χ0) is 49.8. The number of hydrogen-bond donors (Lipinski definition) is 5. The summed E-state index contributed by atoms with van der Waals surface area (Å²) in [6.45, 7) is 10.3. The summed E-state index contributed by atoms with van der Waals surface area (Å²) in [5.74, 6) is -0.598. The highest BCUT2D eigenvalue weighted by atomic mass is 32.2. The molecule has 1 aliphatic carbocycles. The first-order valence-electron chi connectivity index (χ1n) is 23.0. The molecule has 2 aliphatic heterocycles. The van der Waals surface area contributed by atoms with E-state index in [0.717, 1.165) is 43.5 Å². The highest BCUT2D eigenvalue weighted by Gasteiger charge is 2.45. The van der Waals surface area contributed by atoms with Crippen molar-refractivity contribution in [2.75, 3.05) is 63.3 Å². The Bertz CT molecular complexity index is 2590.